The van der Waals surface area contributed by atoms with E-state index >= 15 is 0 Å². The molecule has 0 spiro atoms. The van der Waals surface area contributed by atoms with Crippen LogP contribution in [0.1, 0.15) is 18.4 Å². The molecule has 0 atom stereocenters. The monoisotopic (exact) mass is 477 g/mol. The van der Waals surface area contributed by atoms with Gasteiger partial charge in [-0.05, 0) is 55.0 Å². The van der Waals surface area contributed by atoms with Crippen LogP contribution in [-0.2, 0) is 11.8 Å². The van der Waals surface area contributed by atoms with Crippen LogP contribution >= 0.6 is 0 Å². The van der Waals surface area contributed by atoms with Gasteiger partial charge in [0.15, 0.2) is 0 Å². The number of nitrogen functional groups attached to an aromatic ring is 1. The lowest BCUT2D eigenvalue weighted by Gasteiger charge is -2.14. The van der Waals surface area contributed by atoms with E-state index in [-0.39, 0.29) is 11.8 Å². The predicted molar refractivity (Wildman–Crippen MR) is 142 cm³/mol. The van der Waals surface area contributed by atoms with Crippen molar-refractivity contribution < 1.29 is 4.79 Å². The molecule has 0 radical (unpaired) electrons. The average molecular weight is 478 g/mol. The van der Waals surface area contributed by atoms with Crippen molar-refractivity contribution in [2.45, 2.75) is 19.8 Å². The molecule has 1 saturated carbocycles. The fourth-order valence-electron chi connectivity index (χ4n) is 3.99. The third-order valence-electron chi connectivity index (χ3n) is 6.04. The van der Waals surface area contributed by atoms with E-state index in [0.29, 0.717) is 11.6 Å². The van der Waals surface area contributed by atoms with Gasteiger partial charge in [-0.2, -0.15) is 5.10 Å². The number of rotatable bonds is 4. The van der Waals surface area contributed by atoms with E-state index in [9.17, 15) is 4.79 Å². The van der Waals surface area contributed by atoms with Crippen molar-refractivity contribution in [3.8, 4) is 22.5 Å². The topological polar surface area (TPSA) is 112 Å². The van der Waals surface area contributed by atoms with Gasteiger partial charge in [-0.3, -0.25) is 14.5 Å². The number of hydrogen-bond acceptors (Lipinski definition) is 6. The summed E-state index contributed by atoms with van der Waals surface area (Å²) >= 11 is 0. The van der Waals surface area contributed by atoms with E-state index in [1.54, 1.807) is 23.3 Å². The third kappa shape index (κ3) is 5.07. The molecule has 0 aliphatic heterocycles. The molecule has 6 rings (SSSR count). The molecule has 1 aliphatic carbocycles. The number of amides is 1. The Bertz CT molecular complexity index is 1510. The number of nitrogens with zero attached hydrogens (tertiary/aromatic N) is 5. The highest BCUT2D eigenvalue weighted by Crippen LogP contribution is 2.35. The Labute approximate surface area is 209 Å². The molecule has 0 unspecified atom stereocenters. The Morgan fingerprint density at radius 3 is 2.53 bits per heavy atom. The first-order chi connectivity index (χ1) is 17.5. The van der Waals surface area contributed by atoms with Gasteiger partial charge in [-0.1, -0.05) is 30.3 Å². The zero-order valence-corrected chi connectivity index (χ0v) is 20.2. The lowest BCUT2D eigenvalue weighted by molar-refractivity contribution is -0.117. The van der Waals surface area contributed by atoms with Crippen LogP contribution < -0.4 is 11.1 Å². The standard InChI is InChI=1S/C24H21N5O.C4H6N2/c1-14-9-10-26-22(15-5-3-2-4-6-15)21(14)19-11-17-12-20(29-24(30)16-7-8-16)27-13-18(17)23(25)28-19;1-6-4-2-3-5-6/h2-6,9-13,16H,7-8H2,1H3,(H2,25,28)(H,27,29,30);2-4H,1H3. The van der Waals surface area contributed by atoms with Crippen LogP contribution in [0.5, 0.6) is 0 Å². The highest BCUT2D eigenvalue weighted by molar-refractivity contribution is 5.99. The Balaban J connectivity index is 0.000000391. The summed E-state index contributed by atoms with van der Waals surface area (Å²) in [6.07, 6.45) is 9.01. The largest absolute Gasteiger partial charge is 0.383 e. The van der Waals surface area contributed by atoms with E-state index in [2.05, 4.69) is 25.4 Å². The van der Waals surface area contributed by atoms with Gasteiger partial charge < -0.3 is 11.1 Å². The van der Waals surface area contributed by atoms with Gasteiger partial charge >= 0.3 is 0 Å². The van der Waals surface area contributed by atoms with Gasteiger partial charge in [0.1, 0.15) is 11.6 Å². The van der Waals surface area contributed by atoms with Crippen LogP contribution in [0.2, 0.25) is 0 Å². The maximum absolute atomic E-state index is 12.1. The van der Waals surface area contributed by atoms with Gasteiger partial charge in [0.25, 0.3) is 0 Å². The molecule has 8 nitrogen and oxygen atoms in total. The van der Waals surface area contributed by atoms with Gasteiger partial charge in [0, 0.05) is 54.3 Å². The number of aryl methyl sites for hydroxylation is 2. The molecule has 5 aromatic rings. The summed E-state index contributed by atoms with van der Waals surface area (Å²) in [6.45, 7) is 2.04. The van der Waals surface area contributed by atoms with E-state index < -0.39 is 0 Å². The second-order valence-corrected chi connectivity index (χ2v) is 8.84. The van der Waals surface area contributed by atoms with Crippen molar-refractivity contribution >= 4 is 28.3 Å². The van der Waals surface area contributed by atoms with Crippen molar-refractivity contribution in [3.63, 3.8) is 0 Å². The van der Waals surface area contributed by atoms with Crippen LogP contribution in [0.25, 0.3) is 33.3 Å². The summed E-state index contributed by atoms with van der Waals surface area (Å²) in [5.41, 5.74) is 10.9. The van der Waals surface area contributed by atoms with Crippen molar-refractivity contribution in [3.05, 3.63) is 84.9 Å². The molecular formula is C28H27N7O. The molecular weight excluding hydrogens is 450 g/mol. The van der Waals surface area contributed by atoms with Crippen LogP contribution in [0.4, 0.5) is 11.6 Å². The second-order valence-electron chi connectivity index (χ2n) is 8.84. The highest BCUT2D eigenvalue weighted by atomic mass is 16.2. The quantitative estimate of drug-likeness (QED) is 0.376. The van der Waals surface area contributed by atoms with E-state index in [0.717, 1.165) is 51.7 Å². The molecule has 8 heteroatoms. The minimum Gasteiger partial charge on any atom is -0.383 e. The summed E-state index contributed by atoms with van der Waals surface area (Å²) < 4.78 is 1.75. The van der Waals surface area contributed by atoms with Gasteiger partial charge in [0.05, 0.1) is 11.4 Å². The number of carbonyl (C=O) groups excluding carboxylic acids is 1. The molecule has 0 saturated heterocycles. The van der Waals surface area contributed by atoms with Crippen molar-refractivity contribution in [1.82, 2.24) is 24.7 Å². The number of aromatic nitrogens is 5. The lowest BCUT2D eigenvalue weighted by atomic mass is 9.98. The third-order valence-corrected chi connectivity index (χ3v) is 6.04. The van der Waals surface area contributed by atoms with Crippen LogP contribution in [0.15, 0.2) is 79.4 Å². The number of fused-ring (bicyclic) bond motifs is 1. The molecule has 4 aromatic heterocycles. The minimum absolute atomic E-state index is 0.0265. The fourth-order valence-corrected chi connectivity index (χ4v) is 3.99. The zero-order chi connectivity index (χ0) is 25.1. The summed E-state index contributed by atoms with van der Waals surface area (Å²) in [7, 11) is 1.89. The van der Waals surface area contributed by atoms with Gasteiger partial charge in [-0.25, -0.2) is 9.97 Å². The maximum Gasteiger partial charge on any atom is 0.228 e. The minimum atomic E-state index is 0.0265. The Morgan fingerprint density at radius 1 is 1.06 bits per heavy atom. The molecule has 0 bridgehead atoms. The molecule has 1 amide bonds. The lowest BCUT2D eigenvalue weighted by Crippen LogP contribution is -2.14. The fraction of sp³-hybridized carbons (Fsp3) is 0.179. The van der Waals surface area contributed by atoms with Crippen molar-refractivity contribution in [2.75, 3.05) is 11.1 Å². The number of nitrogens with two attached hydrogens (primary N) is 1. The second kappa shape index (κ2) is 9.95. The number of benzene rings is 1. The average Bonchev–Trinajstić information content (AvgIpc) is 3.63. The highest BCUT2D eigenvalue weighted by Gasteiger charge is 2.29. The molecule has 1 aromatic carbocycles. The molecule has 1 fully saturated rings. The molecule has 3 N–H and O–H groups in total. The van der Waals surface area contributed by atoms with Gasteiger partial charge in [0.2, 0.25) is 5.91 Å². The number of hydrogen-bond donors (Lipinski definition) is 2. The smallest absolute Gasteiger partial charge is 0.228 e. The Morgan fingerprint density at radius 2 is 1.86 bits per heavy atom. The molecule has 4 heterocycles. The first-order valence-electron chi connectivity index (χ1n) is 11.8. The van der Waals surface area contributed by atoms with E-state index in [1.807, 2.05) is 74.8 Å². The van der Waals surface area contributed by atoms with Crippen LogP contribution in [-0.4, -0.2) is 30.6 Å². The Kier molecular flexibility index (Phi) is 6.40. The van der Waals surface area contributed by atoms with E-state index in [4.69, 9.17) is 5.73 Å². The van der Waals surface area contributed by atoms with Crippen molar-refractivity contribution in [1.29, 1.82) is 0 Å². The normalized spacial score (nSPS) is 12.6. The van der Waals surface area contributed by atoms with Crippen LogP contribution in [0.3, 0.4) is 0 Å². The Hall–Kier alpha value is -4.59. The number of pyridine rings is 3. The van der Waals surface area contributed by atoms with Crippen LogP contribution in [0, 0.1) is 12.8 Å². The zero-order valence-electron chi connectivity index (χ0n) is 20.2. The molecule has 180 valence electrons. The summed E-state index contributed by atoms with van der Waals surface area (Å²) in [5.74, 6) is 1.07. The van der Waals surface area contributed by atoms with Gasteiger partial charge in [-0.15, -0.1) is 0 Å². The van der Waals surface area contributed by atoms with E-state index in [1.165, 1.54) is 0 Å². The predicted octanol–water partition coefficient (Wildman–Crippen LogP) is 5.02. The SMILES string of the molecule is Cc1ccnc(-c2ccccc2)c1-c1cc2cc(NC(=O)C3CC3)ncc2c(N)n1.Cn1cccn1. The summed E-state index contributed by atoms with van der Waals surface area (Å²) in [4.78, 5) is 25.7. The summed E-state index contributed by atoms with van der Waals surface area (Å²) in [5, 5.41) is 8.36. The first-order valence-corrected chi connectivity index (χ1v) is 11.8. The number of anilines is 2. The number of nitrogens with one attached hydrogen (secondary N) is 1. The summed E-state index contributed by atoms with van der Waals surface area (Å²) in [6, 6.07) is 17.7. The molecule has 36 heavy (non-hydrogen) atoms. The molecule has 1 aliphatic rings. The first kappa shape index (κ1) is 23.2. The maximum atomic E-state index is 12.1. The van der Waals surface area contributed by atoms with Crippen molar-refractivity contribution in [2.24, 2.45) is 13.0 Å². The number of carbonyl (C=O) groups is 1.